The third kappa shape index (κ3) is 6.15. The molecular weight excluding hydrogens is 132 g/mol. The Balaban J connectivity index is 3.32. The van der Waals surface area contributed by atoms with Crippen LogP contribution >= 0.6 is 0 Å². The van der Waals surface area contributed by atoms with E-state index in [9.17, 15) is 0 Å². The van der Waals surface area contributed by atoms with E-state index in [1.165, 1.54) is 32.1 Å². The van der Waals surface area contributed by atoms with Crippen molar-refractivity contribution in [2.75, 3.05) is 0 Å². The summed E-state index contributed by atoms with van der Waals surface area (Å²) in [5.74, 6) is 0.896. The second-order valence-corrected chi connectivity index (χ2v) is 3.12. The van der Waals surface area contributed by atoms with Crippen LogP contribution in [0.4, 0.5) is 0 Å². The van der Waals surface area contributed by atoms with E-state index in [0.29, 0.717) is 0 Å². The van der Waals surface area contributed by atoms with Gasteiger partial charge in [0.25, 0.3) is 0 Å². The van der Waals surface area contributed by atoms with Crippen molar-refractivity contribution < 1.29 is 0 Å². The lowest BCUT2D eigenvalue weighted by molar-refractivity contribution is 0.449. The highest BCUT2D eigenvalue weighted by molar-refractivity contribution is 4.87. The largest absolute Gasteiger partial charge is 0.103 e. The van der Waals surface area contributed by atoms with Gasteiger partial charge in [0.1, 0.15) is 0 Å². The minimum Gasteiger partial charge on any atom is -0.103 e. The van der Waals surface area contributed by atoms with Gasteiger partial charge in [-0.05, 0) is 18.8 Å². The summed E-state index contributed by atoms with van der Waals surface area (Å²) in [5.41, 5.74) is 0. The van der Waals surface area contributed by atoms with E-state index in [1.807, 2.05) is 6.08 Å². The molecule has 0 aliphatic rings. The Kier molecular flexibility index (Phi) is 7.66. The van der Waals surface area contributed by atoms with Crippen molar-refractivity contribution in [2.24, 2.45) is 5.92 Å². The zero-order valence-corrected chi connectivity index (χ0v) is 7.97. The molecule has 1 atom stereocenters. The third-order valence-corrected chi connectivity index (χ3v) is 2.18. The molecule has 0 heteroatoms. The van der Waals surface area contributed by atoms with E-state index < -0.39 is 0 Å². The van der Waals surface area contributed by atoms with Crippen LogP contribution < -0.4 is 0 Å². The van der Waals surface area contributed by atoms with Crippen LogP contribution in [0.5, 0.6) is 0 Å². The van der Waals surface area contributed by atoms with Gasteiger partial charge in [0.05, 0.1) is 0 Å². The molecule has 1 unspecified atom stereocenters. The summed E-state index contributed by atoms with van der Waals surface area (Å²) >= 11 is 0. The zero-order valence-electron chi connectivity index (χ0n) is 7.97. The van der Waals surface area contributed by atoms with E-state index in [0.717, 1.165) is 5.92 Å². The normalized spacial score (nSPS) is 12.9. The van der Waals surface area contributed by atoms with E-state index in [-0.39, 0.29) is 0 Å². The van der Waals surface area contributed by atoms with Gasteiger partial charge in [-0.15, -0.1) is 6.58 Å². The van der Waals surface area contributed by atoms with Gasteiger partial charge in [-0.25, -0.2) is 0 Å². The topological polar surface area (TPSA) is 0 Å². The molecule has 0 aromatic rings. The number of hydrogen-bond donors (Lipinski definition) is 0. The van der Waals surface area contributed by atoms with Gasteiger partial charge in [-0.2, -0.15) is 0 Å². The number of rotatable bonds is 7. The quantitative estimate of drug-likeness (QED) is 0.519. The molecule has 0 saturated heterocycles. The number of hydrogen-bond acceptors (Lipinski definition) is 0. The lowest BCUT2D eigenvalue weighted by Crippen LogP contribution is -1.97. The van der Waals surface area contributed by atoms with E-state index >= 15 is 0 Å². The Morgan fingerprint density at radius 3 is 2.55 bits per heavy atom. The molecule has 11 heavy (non-hydrogen) atoms. The van der Waals surface area contributed by atoms with Crippen molar-refractivity contribution >= 4 is 0 Å². The van der Waals surface area contributed by atoms with Crippen molar-refractivity contribution in [1.82, 2.24) is 0 Å². The first-order chi connectivity index (χ1) is 5.35. The van der Waals surface area contributed by atoms with Crippen LogP contribution in [-0.4, -0.2) is 0 Å². The lowest BCUT2D eigenvalue weighted by Gasteiger charge is -2.11. The third-order valence-electron chi connectivity index (χ3n) is 2.18. The first-order valence-corrected chi connectivity index (χ1v) is 4.79. The predicted octanol–water partition coefficient (Wildman–Crippen LogP) is 3.98. The number of unbranched alkanes of at least 4 members (excludes halogenated alkanes) is 1. The Bertz CT molecular complexity index is 84.0. The van der Waals surface area contributed by atoms with Gasteiger partial charge in [-0.1, -0.05) is 45.6 Å². The summed E-state index contributed by atoms with van der Waals surface area (Å²) < 4.78 is 0. The van der Waals surface area contributed by atoms with E-state index in [4.69, 9.17) is 0 Å². The molecule has 0 aromatic heterocycles. The van der Waals surface area contributed by atoms with Crippen LogP contribution in [0.2, 0.25) is 0 Å². The summed E-state index contributed by atoms with van der Waals surface area (Å²) in [7, 11) is 0. The Labute approximate surface area is 71.7 Å². The van der Waals surface area contributed by atoms with Gasteiger partial charge in [0.2, 0.25) is 0 Å². The summed E-state index contributed by atoms with van der Waals surface area (Å²) in [5, 5.41) is 0. The predicted molar refractivity (Wildman–Crippen MR) is 52.4 cm³/mol. The first kappa shape index (κ1) is 10.7. The van der Waals surface area contributed by atoms with Crippen molar-refractivity contribution in [3.63, 3.8) is 0 Å². The molecule has 1 radical (unpaired) electrons. The first-order valence-electron chi connectivity index (χ1n) is 4.79. The van der Waals surface area contributed by atoms with Crippen LogP contribution in [0.3, 0.4) is 0 Å². The molecule has 0 aromatic carbocycles. The Morgan fingerprint density at radius 1 is 1.36 bits per heavy atom. The standard InChI is InChI=1S/C11H21/c1-4-7-9-11(6-3)10-8-5-2/h4,7,11H,1,5-6,8-10H2,2-3H3. The average molecular weight is 153 g/mol. The smallest absolute Gasteiger partial charge is 0.0171 e. The second kappa shape index (κ2) is 7.84. The highest BCUT2D eigenvalue weighted by Gasteiger charge is 2.03. The minimum absolute atomic E-state index is 0.896. The molecule has 0 fully saturated rings. The maximum atomic E-state index is 3.69. The molecule has 0 N–H and O–H groups in total. The molecule has 0 aliphatic heterocycles. The zero-order chi connectivity index (χ0) is 8.53. The highest BCUT2D eigenvalue weighted by atomic mass is 14.1. The van der Waals surface area contributed by atoms with Crippen LogP contribution in [0, 0.1) is 12.3 Å². The monoisotopic (exact) mass is 153 g/mol. The van der Waals surface area contributed by atoms with Gasteiger partial charge >= 0.3 is 0 Å². The fourth-order valence-electron chi connectivity index (χ4n) is 1.27. The molecule has 0 nitrogen and oxygen atoms in total. The Morgan fingerprint density at radius 2 is 2.09 bits per heavy atom. The van der Waals surface area contributed by atoms with Crippen LogP contribution in [-0.2, 0) is 0 Å². The summed E-state index contributed by atoms with van der Waals surface area (Å²) in [4.78, 5) is 0. The molecule has 0 rings (SSSR count). The lowest BCUT2D eigenvalue weighted by atomic mass is 9.94. The SMILES string of the molecule is C=C[CH]CC(CC)CCCC. The van der Waals surface area contributed by atoms with Gasteiger partial charge < -0.3 is 0 Å². The molecule has 0 amide bonds. The Hall–Kier alpha value is -0.260. The molecule has 0 bridgehead atoms. The molecule has 0 heterocycles. The van der Waals surface area contributed by atoms with Gasteiger partial charge in [0.15, 0.2) is 0 Å². The number of allylic oxidation sites excluding steroid dienone is 1. The fraction of sp³-hybridized carbons (Fsp3) is 0.727. The summed E-state index contributed by atoms with van der Waals surface area (Å²) in [6.45, 7) is 8.22. The highest BCUT2D eigenvalue weighted by Crippen LogP contribution is 2.17. The van der Waals surface area contributed by atoms with Crippen molar-refractivity contribution in [1.29, 1.82) is 0 Å². The fourth-order valence-corrected chi connectivity index (χ4v) is 1.27. The summed E-state index contributed by atoms with van der Waals surface area (Å²) in [6, 6.07) is 0. The van der Waals surface area contributed by atoms with Crippen LogP contribution in [0.25, 0.3) is 0 Å². The minimum atomic E-state index is 0.896. The van der Waals surface area contributed by atoms with Crippen molar-refractivity contribution in [3.8, 4) is 0 Å². The van der Waals surface area contributed by atoms with E-state index in [1.54, 1.807) is 0 Å². The van der Waals surface area contributed by atoms with Crippen molar-refractivity contribution in [2.45, 2.75) is 46.0 Å². The molecule has 0 saturated carbocycles. The molecule has 0 spiro atoms. The second-order valence-electron chi connectivity index (χ2n) is 3.12. The summed E-state index contributed by atoms with van der Waals surface area (Å²) in [6.07, 6.45) is 10.7. The average Bonchev–Trinajstić information content (AvgIpc) is 2.05. The van der Waals surface area contributed by atoms with Crippen LogP contribution in [0.1, 0.15) is 46.0 Å². The van der Waals surface area contributed by atoms with Gasteiger partial charge in [0, 0.05) is 0 Å². The maximum Gasteiger partial charge on any atom is -0.0171 e. The molecular formula is C11H21. The van der Waals surface area contributed by atoms with E-state index in [2.05, 4.69) is 26.8 Å². The van der Waals surface area contributed by atoms with Crippen LogP contribution in [0.15, 0.2) is 12.7 Å². The molecule has 0 aliphatic carbocycles. The molecule has 65 valence electrons. The van der Waals surface area contributed by atoms with Crippen molar-refractivity contribution in [3.05, 3.63) is 19.1 Å². The maximum absolute atomic E-state index is 3.69. The van der Waals surface area contributed by atoms with Gasteiger partial charge in [-0.3, -0.25) is 0 Å².